The van der Waals surface area contributed by atoms with E-state index in [0.29, 0.717) is 5.69 Å². The molecule has 0 saturated carbocycles. The van der Waals surface area contributed by atoms with Crippen LogP contribution in [-0.4, -0.2) is 36.5 Å². The average molecular weight is 197 g/mol. The van der Waals surface area contributed by atoms with Gasteiger partial charge in [-0.05, 0) is 13.1 Å². The first-order chi connectivity index (χ1) is 6.69. The molecule has 1 aromatic heterocycles. The van der Waals surface area contributed by atoms with E-state index in [1.165, 1.54) is 7.11 Å². The molecule has 0 bridgehead atoms. The number of carbonyl (C=O) groups is 1. The van der Waals surface area contributed by atoms with Gasteiger partial charge < -0.3 is 10.1 Å². The highest BCUT2D eigenvalue weighted by Crippen LogP contribution is 2.04. The first kappa shape index (κ1) is 10.7. The Morgan fingerprint density at radius 1 is 1.71 bits per heavy atom. The van der Waals surface area contributed by atoms with E-state index in [4.69, 9.17) is 0 Å². The van der Waals surface area contributed by atoms with Gasteiger partial charge in [0.15, 0.2) is 5.69 Å². The maximum Gasteiger partial charge on any atom is 0.358 e. The zero-order chi connectivity index (χ0) is 10.6. The second-order valence-corrected chi connectivity index (χ2v) is 2.99. The minimum atomic E-state index is -0.392. The van der Waals surface area contributed by atoms with Gasteiger partial charge >= 0.3 is 5.97 Å². The summed E-state index contributed by atoms with van der Waals surface area (Å²) in [7, 11) is 5.05. The van der Waals surface area contributed by atoms with Crippen molar-refractivity contribution in [3.63, 3.8) is 0 Å². The van der Waals surface area contributed by atoms with Gasteiger partial charge in [-0.1, -0.05) is 0 Å². The van der Waals surface area contributed by atoms with Crippen LogP contribution in [0, 0.1) is 0 Å². The van der Waals surface area contributed by atoms with Crippen molar-refractivity contribution >= 4 is 5.97 Å². The number of esters is 1. The molecular formula is C9H15N3O2. The number of rotatable bonds is 4. The summed E-state index contributed by atoms with van der Waals surface area (Å²) in [5.41, 5.74) is 1.38. The molecule has 0 atom stereocenters. The van der Waals surface area contributed by atoms with Gasteiger partial charge in [-0.3, -0.25) is 4.68 Å². The molecule has 0 aromatic carbocycles. The third-order valence-corrected chi connectivity index (χ3v) is 2.00. The second-order valence-electron chi connectivity index (χ2n) is 2.99. The van der Waals surface area contributed by atoms with Gasteiger partial charge in [0, 0.05) is 25.7 Å². The van der Waals surface area contributed by atoms with Crippen molar-refractivity contribution < 1.29 is 9.53 Å². The predicted octanol–water partition coefficient (Wildman–Crippen LogP) is -0.0314. The molecule has 1 aromatic rings. The predicted molar refractivity (Wildman–Crippen MR) is 52.2 cm³/mol. The summed E-state index contributed by atoms with van der Waals surface area (Å²) in [4.78, 5) is 11.1. The van der Waals surface area contributed by atoms with E-state index < -0.39 is 5.97 Å². The summed E-state index contributed by atoms with van der Waals surface area (Å²) in [6.45, 7) is 0.861. The highest BCUT2D eigenvalue weighted by atomic mass is 16.5. The number of ether oxygens (including phenoxy) is 1. The maximum atomic E-state index is 11.1. The van der Waals surface area contributed by atoms with Crippen molar-refractivity contribution in [2.75, 3.05) is 20.7 Å². The smallest absolute Gasteiger partial charge is 0.358 e. The number of hydrogen-bond acceptors (Lipinski definition) is 4. The molecule has 0 radical (unpaired) electrons. The Kier molecular flexibility index (Phi) is 3.64. The van der Waals surface area contributed by atoms with Crippen LogP contribution in [0.2, 0.25) is 0 Å². The fourth-order valence-corrected chi connectivity index (χ4v) is 1.20. The molecule has 78 valence electrons. The van der Waals surface area contributed by atoms with Crippen molar-refractivity contribution in [2.45, 2.75) is 6.42 Å². The third-order valence-electron chi connectivity index (χ3n) is 2.00. The molecule has 0 aliphatic rings. The number of nitrogens with zero attached hydrogens (tertiary/aromatic N) is 2. The minimum absolute atomic E-state index is 0.362. The van der Waals surface area contributed by atoms with E-state index in [2.05, 4.69) is 15.2 Å². The molecule has 0 saturated heterocycles. The Hall–Kier alpha value is -1.36. The van der Waals surface area contributed by atoms with Gasteiger partial charge in [-0.2, -0.15) is 5.10 Å². The Morgan fingerprint density at radius 2 is 2.43 bits per heavy atom. The largest absolute Gasteiger partial charge is 0.464 e. The zero-order valence-corrected chi connectivity index (χ0v) is 8.70. The molecule has 14 heavy (non-hydrogen) atoms. The van der Waals surface area contributed by atoms with E-state index in [1.807, 2.05) is 14.1 Å². The number of hydrogen-bond donors (Lipinski definition) is 1. The molecule has 0 aliphatic heterocycles. The normalized spacial score (nSPS) is 10.2. The summed E-state index contributed by atoms with van der Waals surface area (Å²) >= 11 is 0. The van der Waals surface area contributed by atoms with Crippen molar-refractivity contribution in [3.8, 4) is 0 Å². The summed E-state index contributed by atoms with van der Waals surface area (Å²) in [5, 5.41) is 7.09. The summed E-state index contributed by atoms with van der Waals surface area (Å²) < 4.78 is 6.28. The van der Waals surface area contributed by atoms with Gasteiger partial charge in [0.25, 0.3) is 0 Å². The number of aryl methyl sites for hydroxylation is 1. The molecule has 0 fully saturated rings. The number of carbonyl (C=O) groups excluding carboxylic acids is 1. The van der Waals surface area contributed by atoms with Crippen molar-refractivity contribution in [1.82, 2.24) is 15.1 Å². The number of methoxy groups -OCH3 is 1. The van der Waals surface area contributed by atoms with E-state index >= 15 is 0 Å². The fraction of sp³-hybridized carbons (Fsp3) is 0.556. The molecule has 5 nitrogen and oxygen atoms in total. The van der Waals surface area contributed by atoms with Gasteiger partial charge in [-0.25, -0.2) is 4.79 Å². The highest BCUT2D eigenvalue weighted by molar-refractivity contribution is 5.87. The lowest BCUT2D eigenvalue weighted by atomic mass is 10.3. The first-order valence-corrected chi connectivity index (χ1v) is 4.45. The Labute approximate surface area is 83.1 Å². The highest BCUT2D eigenvalue weighted by Gasteiger charge is 2.11. The van der Waals surface area contributed by atoms with Crippen molar-refractivity contribution in [3.05, 3.63) is 17.5 Å². The lowest BCUT2D eigenvalue weighted by Crippen LogP contribution is -2.12. The maximum absolute atomic E-state index is 11.1. The van der Waals surface area contributed by atoms with E-state index in [1.54, 1.807) is 10.7 Å². The topological polar surface area (TPSA) is 56.1 Å². The summed E-state index contributed by atoms with van der Waals surface area (Å²) in [5.74, 6) is -0.392. The van der Waals surface area contributed by atoms with Crippen LogP contribution in [0.3, 0.4) is 0 Å². The van der Waals surface area contributed by atoms with Crippen LogP contribution in [-0.2, 0) is 18.2 Å². The molecule has 1 rings (SSSR count). The Bertz CT molecular complexity index is 320. The zero-order valence-electron chi connectivity index (χ0n) is 8.70. The van der Waals surface area contributed by atoms with Crippen LogP contribution >= 0.6 is 0 Å². The molecule has 5 heteroatoms. The van der Waals surface area contributed by atoms with Gasteiger partial charge in [0.1, 0.15) is 0 Å². The molecule has 0 unspecified atom stereocenters. The number of likely N-dealkylation sites (N-methyl/N-ethyl adjacent to an activating group) is 1. The Balaban J connectivity index is 2.76. The molecule has 0 amide bonds. The minimum Gasteiger partial charge on any atom is -0.464 e. The van der Waals surface area contributed by atoms with E-state index in [9.17, 15) is 4.79 Å². The summed E-state index contributed by atoms with van der Waals surface area (Å²) in [6, 6.07) is 1.75. The lowest BCUT2D eigenvalue weighted by molar-refractivity contribution is 0.0593. The fourth-order valence-electron chi connectivity index (χ4n) is 1.20. The molecular weight excluding hydrogens is 182 g/mol. The van der Waals surface area contributed by atoms with Gasteiger partial charge in [-0.15, -0.1) is 0 Å². The van der Waals surface area contributed by atoms with Crippen LogP contribution in [0.25, 0.3) is 0 Å². The number of nitrogens with one attached hydrogen (secondary N) is 1. The SMILES string of the molecule is CNCCc1cc(C(=O)OC)nn1C. The molecule has 1 N–H and O–H groups in total. The average Bonchev–Trinajstić information content (AvgIpc) is 2.56. The van der Waals surface area contributed by atoms with Gasteiger partial charge in [0.2, 0.25) is 0 Å². The summed E-state index contributed by atoms with van der Waals surface area (Å²) in [6.07, 6.45) is 0.844. The van der Waals surface area contributed by atoms with Crippen LogP contribution in [0.15, 0.2) is 6.07 Å². The molecule has 0 spiro atoms. The standard InChI is InChI=1S/C9H15N3O2/c1-10-5-4-7-6-8(9(13)14-3)11-12(7)2/h6,10H,4-5H2,1-3H3. The quantitative estimate of drug-likeness (QED) is 0.689. The molecule has 1 heterocycles. The van der Waals surface area contributed by atoms with E-state index in [-0.39, 0.29) is 0 Å². The van der Waals surface area contributed by atoms with Crippen LogP contribution in [0.1, 0.15) is 16.2 Å². The monoisotopic (exact) mass is 197 g/mol. The van der Waals surface area contributed by atoms with Crippen molar-refractivity contribution in [2.24, 2.45) is 7.05 Å². The lowest BCUT2D eigenvalue weighted by Gasteiger charge is -1.99. The second kappa shape index (κ2) is 4.76. The first-order valence-electron chi connectivity index (χ1n) is 4.45. The van der Waals surface area contributed by atoms with Gasteiger partial charge in [0.05, 0.1) is 7.11 Å². The van der Waals surface area contributed by atoms with Crippen LogP contribution < -0.4 is 5.32 Å². The van der Waals surface area contributed by atoms with Crippen LogP contribution in [0.5, 0.6) is 0 Å². The van der Waals surface area contributed by atoms with E-state index in [0.717, 1.165) is 18.7 Å². The van der Waals surface area contributed by atoms with Crippen molar-refractivity contribution in [1.29, 1.82) is 0 Å². The van der Waals surface area contributed by atoms with Crippen LogP contribution in [0.4, 0.5) is 0 Å². The Morgan fingerprint density at radius 3 is 3.00 bits per heavy atom. The molecule has 0 aliphatic carbocycles. The number of aromatic nitrogens is 2. The third kappa shape index (κ3) is 2.32.